The van der Waals surface area contributed by atoms with E-state index in [-0.39, 0.29) is 25.1 Å². The van der Waals surface area contributed by atoms with E-state index in [2.05, 4.69) is 15.6 Å². The maximum atomic E-state index is 11.5. The predicted octanol–water partition coefficient (Wildman–Crippen LogP) is 0.407. The second-order valence-electron chi connectivity index (χ2n) is 4.54. The van der Waals surface area contributed by atoms with Crippen molar-refractivity contribution < 1.29 is 9.90 Å². The van der Waals surface area contributed by atoms with Crippen LogP contribution in [0.5, 0.6) is 0 Å². The number of hydrogen-bond acceptors (Lipinski definition) is 3. The van der Waals surface area contributed by atoms with Crippen LogP contribution in [0, 0.1) is 0 Å². The number of rotatable bonds is 6. The molecule has 5 heteroatoms. The Bertz CT molecular complexity index is 550. The normalized spacial score (nSPS) is 12.5. The summed E-state index contributed by atoms with van der Waals surface area (Å²) >= 11 is 0. The molecule has 0 aliphatic heterocycles. The molecule has 1 unspecified atom stereocenters. The maximum Gasteiger partial charge on any atom is 0.234 e. The highest BCUT2D eigenvalue weighted by atomic mass is 16.3. The summed E-state index contributed by atoms with van der Waals surface area (Å²) in [5, 5.41) is 16.1. The van der Waals surface area contributed by atoms with E-state index >= 15 is 0 Å². The molecular weight excluding hydrogens is 242 g/mol. The summed E-state index contributed by atoms with van der Waals surface area (Å²) in [6, 6.07) is 7.73. The monoisotopic (exact) mass is 261 g/mol. The third-order valence-electron chi connectivity index (χ3n) is 3.06. The minimum Gasteiger partial charge on any atom is -0.394 e. The second-order valence-corrected chi connectivity index (χ2v) is 4.54. The van der Waals surface area contributed by atoms with E-state index < -0.39 is 0 Å². The summed E-state index contributed by atoms with van der Waals surface area (Å²) in [4.78, 5) is 14.7. The van der Waals surface area contributed by atoms with Crippen molar-refractivity contribution in [3.05, 3.63) is 36.0 Å². The fourth-order valence-electron chi connectivity index (χ4n) is 2.17. The van der Waals surface area contributed by atoms with Gasteiger partial charge in [0.1, 0.15) is 0 Å². The Kier molecular flexibility index (Phi) is 4.54. The Labute approximate surface area is 112 Å². The average molecular weight is 261 g/mol. The van der Waals surface area contributed by atoms with Gasteiger partial charge >= 0.3 is 0 Å². The molecule has 4 N–H and O–H groups in total. The Morgan fingerprint density at radius 2 is 2.21 bits per heavy atom. The first-order valence-corrected chi connectivity index (χ1v) is 6.34. The lowest BCUT2D eigenvalue weighted by Gasteiger charge is -2.15. The third-order valence-corrected chi connectivity index (χ3v) is 3.06. The van der Waals surface area contributed by atoms with Gasteiger partial charge in [0.2, 0.25) is 5.91 Å². The second kappa shape index (κ2) is 6.36. The lowest BCUT2D eigenvalue weighted by Crippen LogP contribution is -2.42. The van der Waals surface area contributed by atoms with Crippen molar-refractivity contribution in [1.29, 1.82) is 0 Å². The fourth-order valence-corrected chi connectivity index (χ4v) is 2.17. The molecule has 0 radical (unpaired) electrons. The molecule has 0 aliphatic carbocycles. The van der Waals surface area contributed by atoms with Gasteiger partial charge in [0.05, 0.1) is 19.2 Å². The molecule has 1 aromatic carbocycles. The number of likely N-dealkylation sites (N-methyl/N-ethyl adjacent to an activating group) is 1. The van der Waals surface area contributed by atoms with Crippen LogP contribution in [0.25, 0.3) is 10.9 Å². The van der Waals surface area contributed by atoms with E-state index in [0.717, 1.165) is 16.5 Å². The number of carbonyl (C=O) groups is 1. The van der Waals surface area contributed by atoms with Crippen LogP contribution in [0.4, 0.5) is 0 Å². The van der Waals surface area contributed by atoms with E-state index in [1.165, 1.54) is 0 Å². The first-order chi connectivity index (χ1) is 9.24. The van der Waals surface area contributed by atoms with Crippen LogP contribution in [0.1, 0.15) is 5.56 Å². The van der Waals surface area contributed by atoms with Crippen molar-refractivity contribution in [3.63, 3.8) is 0 Å². The Balaban J connectivity index is 2.07. The highest BCUT2D eigenvalue weighted by Gasteiger charge is 2.13. The molecule has 1 atom stereocenters. The summed E-state index contributed by atoms with van der Waals surface area (Å²) in [5.74, 6) is -0.110. The quantitative estimate of drug-likeness (QED) is 0.608. The number of amides is 1. The standard InChI is InChI=1S/C14H19N3O2/c1-15-8-14(19)17-11(9-18)6-10-7-16-13-5-3-2-4-12(10)13/h2-5,7,11,15-16,18H,6,8-9H2,1H3,(H,17,19). The number of fused-ring (bicyclic) bond motifs is 1. The minimum absolute atomic E-state index is 0.0744. The Hall–Kier alpha value is -1.85. The van der Waals surface area contributed by atoms with Crippen LogP contribution in [-0.4, -0.2) is 42.2 Å². The minimum atomic E-state index is -0.264. The van der Waals surface area contributed by atoms with Gasteiger partial charge in [0, 0.05) is 17.1 Å². The molecule has 2 aromatic rings. The molecule has 1 amide bonds. The fraction of sp³-hybridized carbons (Fsp3) is 0.357. The number of aromatic nitrogens is 1. The van der Waals surface area contributed by atoms with E-state index in [9.17, 15) is 9.90 Å². The zero-order chi connectivity index (χ0) is 13.7. The van der Waals surface area contributed by atoms with Crippen molar-refractivity contribution in [2.45, 2.75) is 12.5 Å². The van der Waals surface area contributed by atoms with Gasteiger partial charge in [-0.25, -0.2) is 0 Å². The molecule has 0 saturated carbocycles. The van der Waals surface area contributed by atoms with Gasteiger partial charge in [-0.1, -0.05) is 18.2 Å². The van der Waals surface area contributed by atoms with Crippen molar-refractivity contribution in [3.8, 4) is 0 Å². The van der Waals surface area contributed by atoms with Gasteiger partial charge in [-0.15, -0.1) is 0 Å². The van der Waals surface area contributed by atoms with E-state index in [4.69, 9.17) is 0 Å². The topological polar surface area (TPSA) is 77.2 Å². The van der Waals surface area contributed by atoms with Crippen LogP contribution in [0.2, 0.25) is 0 Å². The van der Waals surface area contributed by atoms with Crippen LogP contribution in [0.15, 0.2) is 30.5 Å². The number of H-pyrrole nitrogens is 1. The number of carbonyl (C=O) groups excluding carboxylic acids is 1. The summed E-state index contributed by atoms with van der Waals surface area (Å²) < 4.78 is 0. The number of hydrogen-bond donors (Lipinski definition) is 4. The summed E-state index contributed by atoms with van der Waals surface area (Å²) in [6.45, 7) is 0.180. The van der Waals surface area contributed by atoms with E-state index in [0.29, 0.717) is 6.42 Å². The van der Waals surface area contributed by atoms with Gasteiger partial charge in [0.15, 0.2) is 0 Å². The first-order valence-electron chi connectivity index (χ1n) is 6.34. The number of para-hydroxylation sites is 1. The Morgan fingerprint density at radius 3 is 2.95 bits per heavy atom. The van der Waals surface area contributed by atoms with Crippen LogP contribution >= 0.6 is 0 Å². The smallest absolute Gasteiger partial charge is 0.234 e. The first kappa shape index (κ1) is 13.6. The summed E-state index contributed by atoms with van der Waals surface area (Å²) in [6.07, 6.45) is 2.54. The molecule has 102 valence electrons. The third kappa shape index (κ3) is 3.33. The average Bonchev–Trinajstić information content (AvgIpc) is 2.82. The van der Waals surface area contributed by atoms with Crippen molar-refractivity contribution in [1.82, 2.24) is 15.6 Å². The molecule has 0 saturated heterocycles. The summed E-state index contributed by atoms with van der Waals surface area (Å²) in [5.41, 5.74) is 2.16. The van der Waals surface area contributed by atoms with Gasteiger partial charge in [-0.2, -0.15) is 0 Å². The molecule has 0 fully saturated rings. The SMILES string of the molecule is CNCC(=O)NC(CO)Cc1c[nH]c2ccccc12. The molecular formula is C14H19N3O2. The van der Waals surface area contributed by atoms with Crippen LogP contribution in [0.3, 0.4) is 0 Å². The van der Waals surface area contributed by atoms with Crippen LogP contribution < -0.4 is 10.6 Å². The van der Waals surface area contributed by atoms with Gasteiger partial charge in [-0.3, -0.25) is 4.79 Å². The molecule has 2 rings (SSSR count). The zero-order valence-electron chi connectivity index (χ0n) is 10.9. The lowest BCUT2D eigenvalue weighted by atomic mass is 10.1. The molecule has 5 nitrogen and oxygen atoms in total. The molecule has 0 aliphatic rings. The number of aliphatic hydroxyl groups is 1. The van der Waals surface area contributed by atoms with Gasteiger partial charge in [-0.05, 0) is 25.1 Å². The number of benzene rings is 1. The highest BCUT2D eigenvalue weighted by molar-refractivity contribution is 5.83. The number of aliphatic hydroxyl groups excluding tert-OH is 1. The molecule has 1 heterocycles. The zero-order valence-corrected chi connectivity index (χ0v) is 10.9. The number of aromatic amines is 1. The van der Waals surface area contributed by atoms with E-state index in [1.807, 2.05) is 30.5 Å². The van der Waals surface area contributed by atoms with Crippen LogP contribution in [-0.2, 0) is 11.2 Å². The van der Waals surface area contributed by atoms with Crippen molar-refractivity contribution in [2.75, 3.05) is 20.2 Å². The molecule has 19 heavy (non-hydrogen) atoms. The predicted molar refractivity (Wildman–Crippen MR) is 74.9 cm³/mol. The highest BCUT2D eigenvalue weighted by Crippen LogP contribution is 2.18. The molecule has 1 aromatic heterocycles. The van der Waals surface area contributed by atoms with Crippen molar-refractivity contribution >= 4 is 16.8 Å². The van der Waals surface area contributed by atoms with Gasteiger partial charge in [0.25, 0.3) is 0 Å². The van der Waals surface area contributed by atoms with Gasteiger partial charge < -0.3 is 20.7 Å². The molecule has 0 spiro atoms. The Morgan fingerprint density at radius 1 is 1.42 bits per heavy atom. The van der Waals surface area contributed by atoms with Crippen molar-refractivity contribution in [2.24, 2.45) is 0 Å². The lowest BCUT2D eigenvalue weighted by molar-refractivity contribution is -0.121. The van der Waals surface area contributed by atoms with E-state index in [1.54, 1.807) is 7.05 Å². The summed E-state index contributed by atoms with van der Waals surface area (Å²) in [7, 11) is 1.72. The maximum absolute atomic E-state index is 11.5. The largest absolute Gasteiger partial charge is 0.394 e. The molecule has 0 bridgehead atoms. The number of nitrogens with one attached hydrogen (secondary N) is 3.